The summed E-state index contributed by atoms with van der Waals surface area (Å²) in [7, 11) is 1.56. The first-order valence-electron chi connectivity index (χ1n) is 6.19. The molecule has 110 valence electrons. The highest BCUT2D eigenvalue weighted by Gasteiger charge is 2.14. The normalized spacial score (nSPS) is 11.8. The largest absolute Gasteiger partial charge is 0.478 e. The van der Waals surface area contributed by atoms with Gasteiger partial charge < -0.3 is 20.5 Å². The number of anilines is 1. The molecule has 1 unspecified atom stereocenters. The van der Waals surface area contributed by atoms with Crippen molar-refractivity contribution in [1.29, 1.82) is 0 Å². The molecule has 0 aromatic carbocycles. The summed E-state index contributed by atoms with van der Waals surface area (Å²) in [6, 6.07) is 2.52. The zero-order valence-electron chi connectivity index (χ0n) is 11.8. The van der Waals surface area contributed by atoms with E-state index in [1.54, 1.807) is 21.0 Å². The number of carbonyl (C=O) groups excluding carboxylic acids is 1. The quantitative estimate of drug-likeness (QED) is 0.634. The van der Waals surface area contributed by atoms with Crippen LogP contribution in [0.25, 0.3) is 0 Å². The average molecular weight is 281 g/mol. The molecule has 0 radical (unpaired) electrons. The molecule has 7 nitrogen and oxygen atoms in total. The number of hydrogen-bond donors (Lipinski definition) is 3. The van der Waals surface area contributed by atoms with E-state index in [-0.39, 0.29) is 11.5 Å². The second-order valence-corrected chi connectivity index (χ2v) is 4.28. The van der Waals surface area contributed by atoms with E-state index < -0.39 is 12.0 Å². The van der Waals surface area contributed by atoms with E-state index >= 15 is 0 Å². The number of hydrogen-bond acceptors (Lipinski definition) is 5. The lowest BCUT2D eigenvalue weighted by atomic mass is 10.2. The van der Waals surface area contributed by atoms with Gasteiger partial charge >= 0.3 is 5.97 Å². The molecule has 0 saturated carbocycles. The molecule has 1 heterocycles. The van der Waals surface area contributed by atoms with E-state index in [0.717, 1.165) is 0 Å². The Bertz CT molecular complexity index is 491. The van der Waals surface area contributed by atoms with Crippen LogP contribution in [0.4, 0.5) is 5.82 Å². The van der Waals surface area contributed by atoms with Crippen molar-refractivity contribution in [3.8, 4) is 0 Å². The Hall–Kier alpha value is -2.15. The van der Waals surface area contributed by atoms with Gasteiger partial charge in [0.2, 0.25) is 5.91 Å². The zero-order valence-corrected chi connectivity index (χ0v) is 11.8. The van der Waals surface area contributed by atoms with Crippen molar-refractivity contribution in [2.24, 2.45) is 0 Å². The van der Waals surface area contributed by atoms with Crippen molar-refractivity contribution < 1.29 is 19.4 Å². The Labute approximate surface area is 117 Å². The molecule has 0 spiro atoms. The second kappa shape index (κ2) is 7.44. The van der Waals surface area contributed by atoms with Crippen LogP contribution in [0.1, 0.15) is 23.0 Å². The monoisotopic (exact) mass is 281 g/mol. The van der Waals surface area contributed by atoms with Gasteiger partial charge in [0, 0.05) is 13.7 Å². The van der Waals surface area contributed by atoms with Gasteiger partial charge in [0.05, 0.1) is 17.9 Å². The number of carboxylic acid groups (broad SMARTS) is 1. The molecule has 0 bridgehead atoms. The number of pyridine rings is 1. The van der Waals surface area contributed by atoms with E-state index in [0.29, 0.717) is 24.7 Å². The van der Waals surface area contributed by atoms with Crippen LogP contribution in [0.5, 0.6) is 0 Å². The second-order valence-electron chi connectivity index (χ2n) is 4.28. The van der Waals surface area contributed by atoms with Gasteiger partial charge in [0.15, 0.2) is 0 Å². The van der Waals surface area contributed by atoms with Crippen molar-refractivity contribution in [2.75, 3.05) is 25.6 Å². The lowest BCUT2D eigenvalue weighted by molar-refractivity contribution is -0.121. The van der Waals surface area contributed by atoms with Crippen molar-refractivity contribution in [1.82, 2.24) is 10.3 Å². The highest BCUT2D eigenvalue weighted by Crippen LogP contribution is 2.11. The fourth-order valence-corrected chi connectivity index (χ4v) is 1.58. The molecular formula is C13H19N3O4. The fourth-order valence-electron chi connectivity index (χ4n) is 1.58. The van der Waals surface area contributed by atoms with Crippen LogP contribution in [-0.2, 0) is 9.53 Å². The van der Waals surface area contributed by atoms with Crippen molar-refractivity contribution in [2.45, 2.75) is 19.9 Å². The van der Waals surface area contributed by atoms with Gasteiger partial charge in [0.25, 0.3) is 0 Å². The first kappa shape index (κ1) is 15.9. The number of aromatic nitrogens is 1. The number of ether oxygens (including phenoxy) is 1. The smallest absolute Gasteiger partial charge is 0.337 e. The summed E-state index contributed by atoms with van der Waals surface area (Å²) in [5.41, 5.74) is 0.544. The Balaban J connectivity index is 2.62. The lowest BCUT2D eigenvalue weighted by Gasteiger charge is -2.15. The molecule has 0 saturated heterocycles. The minimum atomic E-state index is -1.02. The van der Waals surface area contributed by atoms with E-state index in [9.17, 15) is 9.59 Å². The van der Waals surface area contributed by atoms with Crippen LogP contribution in [0.15, 0.2) is 12.1 Å². The molecule has 0 aliphatic rings. The maximum Gasteiger partial charge on any atom is 0.337 e. The van der Waals surface area contributed by atoms with Gasteiger partial charge in [-0.05, 0) is 26.0 Å². The van der Waals surface area contributed by atoms with Crippen LogP contribution in [0, 0.1) is 6.92 Å². The van der Waals surface area contributed by atoms with Crippen molar-refractivity contribution in [3.63, 3.8) is 0 Å². The number of methoxy groups -OCH3 is 1. The summed E-state index contributed by atoms with van der Waals surface area (Å²) in [5, 5.41) is 14.5. The van der Waals surface area contributed by atoms with E-state index in [4.69, 9.17) is 9.84 Å². The fraction of sp³-hybridized carbons (Fsp3) is 0.462. The minimum Gasteiger partial charge on any atom is -0.478 e. The van der Waals surface area contributed by atoms with Gasteiger partial charge in [-0.1, -0.05) is 0 Å². The third kappa shape index (κ3) is 4.51. The maximum absolute atomic E-state index is 11.7. The summed E-state index contributed by atoms with van der Waals surface area (Å²) >= 11 is 0. The number of aromatic carboxylic acids is 1. The van der Waals surface area contributed by atoms with Crippen molar-refractivity contribution in [3.05, 3.63) is 23.4 Å². The van der Waals surface area contributed by atoms with E-state index in [1.165, 1.54) is 12.1 Å². The van der Waals surface area contributed by atoms with Crippen LogP contribution in [-0.4, -0.2) is 48.3 Å². The number of rotatable bonds is 7. The van der Waals surface area contributed by atoms with E-state index in [1.807, 2.05) is 0 Å². The number of aryl methyl sites for hydroxylation is 1. The minimum absolute atomic E-state index is 0.146. The van der Waals surface area contributed by atoms with Gasteiger partial charge in [0.1, 0.15) is 11.9 Å². The molecule has 1 aromatic heterocycles. The Morgan fingerprint density at radius 1 is 1.45 bits per heavy atom. The summed E-state index contributed by atoms with van der Waals surface area (Å²) in [6.07, 6.45) is 0. The molecule has 0 aliphatic carbocycles. The van der Waals surface area contributed by atoms with Crippen LogP contribution in [0.2, 0.25) is 0 Å². The van der Waals surface area contributed by atoms with Gasteiger partial charge in [-0.2, -0.15) is 0 Å². The zero-order chi connectivity index (χ0) is 15.1. The molecule has 1 rings (SSSR count). The highest BCUT2D eigenvalue weighted by atomic mass is 16.5. The lowest BCUT2D eigenvalue weighted by Crippen LogP contribution is -2.39. The molecule has 1 amide bonds. The first-order valence-corrected chi connectivity index (χ1v) is 6.19. The van der Waals surface area contributed by atoms with Crippen LogP contribution < -0.4 is 10.6 Å². The number of carbonyl (C=O) groups is 2. The molecular weight excluding hydrogens is 262 g/mol. The van der Waals surface area contributed by atoms with Crippen LogP contribution >= 0.6 is 0 Å². The SMILES string of the molecule is COCCNC(=O)C(C)Nc1ccc(C(=O)O)c(C)n1. The predicted octanol–water partition coefficient (Wildman–Crippen LogP) is 0.651. The molecule has 7 heteroatoms. The first-order chi connectivity index (χ1) is 9.45. The van der Waals surface area contributed by atoms with E-state index in [2.05, 4.69) is 15.6 Å². The highest BCUT2D eigenvalue weighted by molar-refractivity contribution is 5.89. The molecule has 1 aromatic rings. The van der Waals surface area contributed by atoms with Gasteiger partial charge in [-0.3, -0.25) is 4.79 Å². The Morgan fingerprint density at radius 3 is 2.70 bits per heavy atom. The molecule has 1 atom stereocenters. The third-order valence-corrected chi connectivity index (χ3v) is 2.68. The third-order valence-electron chi connectivity index (χ3n) is 2.68. The molecule has 20 heavy (non-hydrogen) atoms. The number of amides is 1. The van der Waals surface area contributed by atoms with Crippen molar-refractivity contribution >= 4 is 17.7 Å². The molecule has 0 fully saturated rings. The summed E-state index contributed by atoms with van der Waals surface area (Å²) in [6.45, 7) is 4.19. The standard InChI is InChI=1S/C13H19N3O4/c1-8-10(13(18)19)4-5-11(15-8)16-9(2)12(17)14-6-7-20-3/h4-5,9H,6-7H2,1-3H3,(H,14,17)(H,15,16)(H,18,19). The summed E-state index contributed by atoms with van der Waals surface area (Å²) < 4.78 is 4.84. The number of carboxylic acids is 1. The Morgan fingerprint density at radius 2 is 2.15 bits per heavy atom. The number of nitrogens with zero attached hydrogens (tertiary/aromatic N) is 1. The Kier molecular flexibility index (Phi) is 5.92. The summed E-state index contributed by atoms with van der Waals surface area (Å²) in [5.74, 6) is -0.738. The number of nitrogens with one attached hydrogen (secondary N) is 2. The van der Waals surface area contributed by atoms with Crippen LogP contribution in [0.3, 0.4) is 0 Å². The predicted molar refractivity (Wildman–Crippen MR) is 73.9 cm³/mol. The molecule has 3 N–H and O–H groups in total. The van der Waals surface area contributed by atoms with Gasteiger partial charge in [-0.15, -0.1) is 0 Å². The maximum atomic E-state index is 11.7. The van der Waals surface area contributed by atoms with Gasteiger partial charge in [-0.25, -0.2) is 9.78 Å². The molecule has 0 aliphatic heterocycles. The average Bonchev–Trinajstić information content (AvgIpc) is 2.38. The topological polar surface area (TPSA) is 101 Å². The summed E-state index contributed by atoms with van der Waals surface area (Å²) in [4.78, 5) is 26.7.